The Bertz CT molecular complexity index is 1410. The largest absolute Gasteiger partial charge is 0.493 e. The number of hydrogen-bond acceptors (Lipinski definition) is 2. The molecule has 4 aromatic rings. The number of fused-ring (bicyclic) bond motifs is 2. The summed E-state index contributed by atoms with van der Waals surface area (Å²) in [6.45, 7) is 7.93. The molecule has 0 aliphatic heterocycles. The minimum absolute atomic E-state index is 0.672. The summed E-state index contributed by atoms with van der Waals surface area (Å²) in [5.41, 5.74) is 3.20. The molecule has 0 saturated carbocycles. The van der Waals surface area contributed by atoms with E-state index in [0.717, 1.165) is 99.2 Å². The lowest BCUT2D eigenvalue weighted by molar-refractivity contribution is 0.306. The highest BCUT2D eigenvalue weighted by Gasteiger charge is 2.22. The summed E-state index contributed by atoms with van der Waals surface area (Å²) >= 11 is 3.81. The summed E-state index contributed by atoms with van der Waals surface area (Å²) < 4.78 is 14.0. The van der Waals surface area contributed by atoms with Gasteiger partial charge in [0.25, 0.3) is 0 Å². The van der Waals surface area contributed by atoms with Gasteiger partial charge in [-0.1, -0.05) is 116 Å². The van der Waals surface area contributed by atoms with Crippen LogP contribution in [0.5, 0.6) is 11.5 Å². The van der Waals surface area contributed by atoms with Gasteiger partial charge in [-0.2, -0.15) is 0 Å². The molecule has 0 unspecified atom stereocenters. The van der Waals surface area contributed by atoms with E-state index in [4.69, 9.17) is 9.47 Å². The molecule has 4 aromatic carbocycles. The standard InChI is InChI=1S/C34H37BrO2/c1-4-7-10-11-16-25-23-31(36-21-8-5-2)33(28-19-14-12-17-26(25)28)34-29-20-15-13-18-27(29)30(35)24-32(34)37-22-9-6-3/h12-15,17-20,23-24H,4-10,21-22H2,1-3H3. The minimum Gasteiger partial charge on any atom is -0.493 e. The van der Waals surface area contributed by atoms with Crippen molar-refractivity contribution in [3.63, 3.8) is 0 Å². The topological polar surface area (TPSA) is 18.5 Å². The van der Waals surface area contributed by atoms with Gasteiger partial charge in [-0.15, -0.1) is 0 Å². The fraction of sp³-hybridized carbons (Fsp3) is 0.353. The third-order valence-electron chi connectivity index (χ3n) is 6.61. The molecular formula is C34H37BrO2. The van der Waals surface area contributed by atoms with Crippen molar-refractivity contribution in [2.75, 3.05) is 13.2 Å². The maximum absolute atomic E-state index is 6.53. The van der Waals surface area contributed by atoms with Crippen molar-refractivity contribution in [1.29, 1.82) is 0 Å². The highest BCUT2D eigenvalue weighted by Crippen LogP contribution is 2.48. The molecule has 3 heteroatoms. The van der Waals surface area contributed by atoms with Crippen molar-refractivity contribution >= 4 is 37.5 Å². The molecule has 0 spiro atoms. The normalized spacial score (nSPS) is 10.9. The number of rotatable bonds is 11. The Morgan fingerprint density at radius 1 is 0.649 bits per heavy atom. The number of ether oxygens (including phenoxy) is 2. The molecule has 0 atom stereocenters. The molecule has 0 radical (unpaired) electrons. The molecule has 0 bridgehead atoms. The smallest absolute Gasteiger partial charge is 0.129 e. The predicted molar refractivity (Wildman–Crippen MR) is 162 cm³/mol. The van der Waals surface area contributed by atoms with Crippen molar-refractivity contribution in [1.82, 2.24) is 0 Å². The molecular weight excluding hydrogens is 520 g/mol. The van der Waals surface area contributed by atoms with Crippen LogP contribution >= 0.6 is 15.9 Å². The Kier molecular flexibility index (Phi) is 9.92. The second-order valence-electron chi connectivity index (χ2n) is 9.43. The van der Waals surface area contributed by atoms with Crippen molar-refractivity contribution < 1.29 is 9.47 Å². The average molecular weight is 558 g/mol. The van der Waals surface area contributed by atoms with Crippen LogP contribution in [0.25, 0.3) is 32.7 Å². The minimum atomic E-state index is 0.672. The van der Waals surface area contributed by atoms with Gasteiger partial charge >= 0.3 is 0 Å². The van der Waals surface area contributed by atoms with E-state index >= 15 is 0 Å². The molecule has 0 aromatic heterocycles. The zero-order valence-corrected chi connectivity index (χ0v) is 23.9. The monoisotopic (exact) mass is 556 g/mol. The van der Waals surface area contributed by atoms with Gasteiger partial charge in [-0.25, -0.2) is 0 Å². The van der Waals surface area contributed by atoms with Crippen LogP contribution in [0.1, 0.15) is 71.3 Å². The molecule has 192 valence electrons. The van der Waals surface area contributed by atoms with Crippen LogP contribution in [0, 0.1) is 11.8 Å². The van der Waals surface area contributed by atoms with Crippen LogP contribution < -0.4 is 9.47 Å². The lowest BCUT2D eigenvalue weighted by Crippen LogP contribution is -2.03. The molecule has 0 fully saturated rings. The van der Waals surface area contributed by atoms with E-state index in [-0.39, 0.29) is 0 Å². The first kappa shape index (κ1) is 27.1. The highest BCUT2D eigenvalue weighted by atomic mass is 79.9. The van der Waals surface area contributed by atoms with Crippen molar-refractivity contribution in [3.8, 4) is 34.5 Å². The Labute approximate surface area is 230 Å². The summed E-state index contributed by atoms with van der Waals surface area (Å²) in [6.07, 6.45) is 7.36. The molecule has 4 rings (SSSR count). The maximum atomic E-state index is 6.53. The summed E-state index contributed by atoms with van der Waals surface area (Å²) in [7, 11) is 0. The van der Waals surface area contributed by atoms with Gasteiger partial charge in [0.15, 0.2) is 0 Å². The Morgan fingerprint density at radius 3 is 1.76 bits per heavy atom. The fourth-order valence-corrected chi connectivity index (χ4v) is 5.13. The predicted octanol–water partition coefficient (Wildman–Crippen LogP) is 10.3. The molecule has 0 heterocycles. The number of benzene rings is 4. The van der Waals surface area contributed by atoms with Gasteiger partial charge in [0.05, 0.1) is 13.2 Å². The van der Waals surface area contributed by atoms with Crippen LogP contribution in [0.15, 0.2) is 65.1 Å². The van der Waals surface area contributed by atoms with Gasteiger partial charge in [-0.3, -0.25) is 0 Å². The number of hydrogen-bond donors (Lipinski definition) is 0. The van der Waals surface area contributed by atoms with E-state index in [1.54, 1.807) is 0 Å². The molecule has 37 heavy (non-hydrogen) atoms. The SMILES string of the molecule is CCCCC#Cc1cc(OCCCC)c(-c2c(OCCCC)cc(Br)c3ccccc23)c2ccccc12. The molecule has 0 aliphatic carbocycles. The molecule has 0 saturated heterocycles. The van der Waals surface area contributed by atoms with Crippen molar-refractivity contribution in [2.45, 2.75) is 65.7 Å². The van der Waals surface area contributed by atoms with Crippen molar-refractivity contribution in [3.05, 3.63) is 70.7 Å². The Hall–Kier alpha value is -2.96. The summed E-state index contributed by atoms with van der Waals surface area (Å²) in [5, 5.41) is 4.60. The first-order valence-electron chi connectivity index (χ1n) is 13.7. The van der Waals surface area contributed by atoms with Crippen LogP contribution in [-0.2, 0) is 0 Å². The van der Waals surface area contributed by atoms with Crippen LogP contribution in [0.4, 0.5) is 0 Å². The van der Waals surface area contributed by atoms with Gasteiger partial charge in [0.2, 0.25) is 0 Å². The summed E-state index contributed by atoms with van der Waals surface area (Å²) in [5.74, 6) is 8.62. The van der Waals surface area contributed by atoms with E-state index < -0.39 is 0 Å². The number of unbranched alkanes of at least 4 members (excludes halogenated alkanes) is 4. The third kappa shape index (κ3) is 6.31. The van der Waals surface area contributed by atoms with Crippen LogP contribution in [0.3, 0.4) is 0 Å². The van der Waals surface area contributed by atoms with E-state index in [1.165, 1.54) is 0 Å². The van der Waals surface area contributed by atoms with E-state index in [2.05, 4.69) is 109 Å². The zero-order chi connectivity index (χ0) is 26.0. The molecule has 2 nitrogen and oxygen atoms in total. The lowest BCUT2D eigenvalue weighted by Gasteiger charge is -2.21. The Morgan fingerprint density at radius 2 is 1.16 bits per heavy atom. The fourth-order valence-electron chi connectivity index (χ4n) is 4.58. The van der Waals surface area contributed by atoms with Crippen molar-refractivity contribution in [2.24, 2.45) is 0 Å². The van der Waals surface area contributed by atoms with Crippen LogP contribution in [-0.4, -0.2) is 13.2 Å². The highest BCUT2D eigenvalue weighted by molar-refractivity contribution is 9.10. The van der Waals surface area contributed by atoms with Crippen LogP contribution in [0.2, 0.25) is 0 Å². The van der Waals surface area contributed by atoms with E-state index in [1.807, 2.05) is 0 Å². The van der Waals surface area contributed by atoms with Gasteiger partial charge < -0.3 is 9.47 Å². The van der Waals surface area contributed by atoms with E-state index in [0.29, 0.717) is 13.2 Å². The Balaban J connectivity index is 2.03. The summed E-state index contributed by atoms with van der Waals surface area (Å²) in [4.78, 5) is 0. The molecule has 0 N–H and O–H groups in total. The summed E-state index contributed by atoms with van der Waals surface area (Å²) in [6, 6.07) is 21.4. The lowest BCUT2D eigenvalue weighted by atomic mass is 9.90. The number of halogens is 1. The van der Waals surface area contributed by atoms with Gasteiger partial charge in [-0.05, 0) is 52.9 Å². The first-order chi connectivity index (χ1) is 18.2. The second kappa shape index (κ2) is 13.5. The van der Waals surface area contributed by atoms with Gasteiger partial charge in [0, 0.05) is 27.6 Å². The second-order valence-corrected chi connectivity index (χ2v) is 10.3. The first-order valence-corrected chi connectivity index (χ1v) is 14.5. The molecule has 0 aliphatic rings. The molecule has 0 amide bonds. The third-order valence-corrected chi connectivity index (χ3v) is 7.26. The zero-order valence-electron chi connectivity index (χ0n) is 22.3. The maximum Gasteiger partial charge on any atom is 0.129 e. The van der Waals surface area contributed by atoms with E-state index in [9.17, 15) is 0 Å². The van der Waals surface area contributed by atoms with Gasteiger partial charge in [0.1, 0.15) is 11.5 Å². The quantitative estimate of drug-likeness (QED) is 0.135. The average Bonchev–Trinajstić information content (AvgIpc) is 2.92.